The second kappa shape index (κ2) is 3.40. The summed E-state index contributed by atoms with van der Waals surface area (Å²) in [6.07, 6.45) is 5.23. The van der Waals surface area contributed by atoms with Crippen molar-refractivity contribution in [3.8, 4) is 0 Å². The van der Waals surface area contributed by atoms with Crippen LogP contribution in [0.5, 0.6) is 0 Å². The predicted octanol–water partition coefficient (Wildman–Crippen LogP) is 1.56. The number of nitrogens with one attached hydrogen (secondary N) is 1. The van der Waals surface area contributed by atoms with E-state index in [0.717, 1.165) is 12.8 Å². The first kappa shape index (κ1) is 10.5. The number of thiophene rings is 1. The van der Waals surface area contributed by atoms with E-state index in [1.165, 1.54) is 11.3 Å². The number of aromatic nitrogens is 2. The number of anilines is 1. The Morgan fingerprint density at radius 3 is 2.82 bits per heavy atom. The van der Waals surface area contributed by atoms with Crippen LogP contribution in [0.4, 0.5) is 5.69 Å². The van der Waals surface area contributed by atoms with Crippen LogP contribution >= 0.6 is 11.3 Å². The zero-order valence-corrected chi connectivity index (χ0v) is 10.2. The molecule has 1 aliphatic rings. The van der Waals surface area contributed by atoms with Crippen LogP contribution in [0.15, 0.2) is 12.4 Å². The molecule has 0 aliphatic heterocycles. The van der Waals surface area contributed by atoms with Gasteiger partial charge in [0.2, 0.25) is 0 Å². The van der Waals surface area contributed by atoms with Gasteiger partial charge in [0.1, 0.15) is 15.2 Å². The molecule has 0 radical (unpaired) electrons. The second-order valence-corrected chi connectivity index (χ2v) is 5.57. The maximum atomic E-state index is 12.1. The molecule has 0 bridgehead atoms. The van der Waals surface area contributed by atoms with Crippen LogP contribution in [0.25, 0.3) is 10.3 Å². The molecular formula is C11H12N4OS. The van der Waals surface area contributed by atoms with Gasteiger partial charge in [0.05, 0.1) is 5.69 Å². The third kappa shape index (κ3) is 1.74. The lowest BCUT2D eigenvalue weighted by atomic mass is 10.3. The van der Waals surface area contributed by atoms with E-state index in [2.05, 4.69) is 15.3 Å². The van der Waals surface area contributed by atoms with Crippen molar-refractivity contribution >= 4 is 33.3 Å². The number of nitrogens with two attached hydrogens (primary N) is 1. The fourth-order valence-electron chi connectivity index (χ4n) is 1.66. The summed E-state index contributed by atoms with van der Waals surface area (Å²) in [5, 5.41) is 2.98. The quantitative estimate of drug-likeness (QED) is 0.845. The topological polar surface area (TPSA) is 80.9 Å². The van der Waals surface area contributed by atoms with Crippen LogP contribution in [-0.4, -0.2) is 21.4 Å². The summed E-state index contributed by atoms with van der Waals surface area (Å²) < 4.78 is 0. The number of carbonyl (C=O) groups is 1. The molecule has 6 heteroatoms. The first-order valence-corrected chi connectivity index (χ1v) is 6.22. The Hall–Kier alpha value is -1.69. The van der Waals surface area contributed by atoms with Crippen LogP contribution in [0.1, 0.15) is 29.4 Å². The highest BCUT2D eigenvalue weighted by molar-refractivity contribution is 7.21. The van der Waals surface area contributed by atoms with Crippen molar-refractivity contribution < 1.29 is 4.79 Å². The molecule has 0 aromatic carbocycles. The van der Waals surface area contributed by atoms with Gasteiger partial charge in [0.15, 0.2) is 0 Å². The van der Waals surface area contributed by atoms with Gasteiger partial charge in [0, 0.05) is 17.9 Å². The van der Waals surface area contributed by atoms with Crippen molar-refractivity contribution in [2.45, 2.75) is 25.3 Å². The normalized spacial score (nSPS) is 17.0. The number of rotatable bonds is 2. The molecule has 3 rings (SSSR count). The van der Waals surface area contributed by atoms with Gasteiger partial charge in [0.25, 0.3) is 5.91 Å². The molecule has 17 heavy (non-hydrogen) atoms. The van der Waals surface area contributed by atoms with Crippen LogP contribution in [0.2, 0.25) is 0 Å². The minimum atomic E-state index is -0.118. The van der Waals surface area contributed by atoms with Crippen LogP contribution < -0.4 is 11.1 Å². The van der Waals surface area contributed by atoms with Gasteiger partial charge in [-0.15, -0.1) is 11.3 Å². The molecule has 5 nitrogen and oxygen atoms in total. The molecule has 3 N–H and O–H groups in total. The van der Waals surface area contributed by atoms with Gasteiger partial charge in [-0.3, -0.25) is 4.79 Å². The molecule has 2 heterocycles. The lowest BCUT2D eigenvalue weighted by Crippen LogP contribution is -2.34. The van der Waals surface area contributed by atoms with Crippen molar-refractivity contribution in [2.24, 2.45) is 0 Å². The second-order valence-electron chi connectivity index (χ2n) is 4.57. The van der Waals surface area contributed by atoms with Gasteiger partial charge in [-0.1, -0.05) is 0 Å². The number of carbonyl (C=O) groups excluding carboxylic acids is 1. The highest BCUT2D eigenvalue weighted by atomic mass is 32.1. The Labute approximate surface area is 102 Å². The van der Waals surface area contributed by atoms with Crippen molar-refractivity contribution in [1.82, 2.24) is 15.3 Å². The number of hydrogen-bond acceptors (Lipinski definition) is 5. The fraction of sp³-hybridized carbons (Fsp3) is 0.364. The van der Waals surface area contributed by atoms with E-state index in [1.807, 2.05) is 6.92 Å². The lowest BCUT2D eigenvalue weighted by Gasteiger charge is -2.10. The fourth-order valence-corrected chi connectivity index (χ4v) is 2.57. The number of fused-ring (bicyclic) bond motifs is 1. The maximum Gasteiger partial charge on any atom is 0.264 e. The molecule has 0 spiro atoms. The van der Waals surface area contributed by atoms with E-state index in [1.54, 1.807) is 12.4 Å². The Bertz CT molecular complexity index is 603. The van der Waals surface area contributed by atoms with E-state index in [4.69, 9.17) is 5.73 Å². The highest BCUT2D eigenvalue weighted by Crippen LogP contribution is 2.36. The highest BCUT2D eigenvalue weighted by Gasteiger charge is 2.39. The number of nitrogen functional groups attached to an aromatic ring is 1. The minimum Gasteiger partial charge on any atom is -0.396 e. The summed E-state index contributed by atoms with van der Waals surface area (Å²) in [4.78, 5) is 21.6. The molecule has 1 fully saturated rings. The molecule has 2 aromatic heterocycles. The molecule has 0 unspecified atom stereocenters. The molecule has 1 amide bonds. The predicted molar refractivity (Wildman–Crippen MR) is 66.9 cm³/mol. The zero-order chi connectivity index (χ0) is 12.0. The minimum absolute atomic E-state index is 0.0411. The first-order valence-electron chi connectivity index (χ1n) is 5.41. The summed E-state index contributed by atoms with van der Waals surface area (Å²) >= 11 is 1.29. The first-order chi connectivity index (χ1) is 8.09. The van der Waals surface area contributed by atoms with Crippen LogP contribution in [-0.2, 0) is 0 Å². The van der Waals surface area contributed by atoms with Crippen molar-refractivity contribution in [3.63, 3.8) is 0 Å². The van der Waals surface area contributed by atoms with E-state index >= 15 is 0 Å². The lowest BCUT2D eigenvalue weighted by molar-refractivity contribution is 0.0940. The van der Waals surface area contributed by atoms with E-state index in [9.17, 15) is 4.79 Å². The summed E-state index contributed by atoms with van der Waals surface area (Å²) in [5.74, 6) is -0.118. The van der Waals surface area contributed by atoms with Crippen molar-refractivity contribution in [3.05, 3.63) is 17.3 Å². The zero-order valence-electron chi connectivity index (χ0n) is 9.36. The van der Waals surface area contributed by atoms with Gasteiger partial charge in [-0.25, -0.2) is 9.97 Å². The van der Waals surface area contributed by atoms with E-state index in [0.29, 0.717) is 20.9 Å². The Balaban J connectivity index is 1.99. The molecule has 2 aromatic rings. The van der Waals surface area contributed by atoms with Gasteiger partial charge in [-0.05, 0) is 19.8 Å². The molecule has 0 saturated heterocycles. The molecule has 88 valence electrons. The van der Waals surface area contributed by atoms with E-state index < -0.39 is 0 Å². The molecule has 1 aliphatic carbocycles. The Morgan fingerprint density at radius 1 is 1.47 bits per heavy atom. The SMILES string of the molecule is CC1(NC(=O)c2sc3nccnc3c2N)CC1. The van der Waals surface area contributed by atoms with Crippen molar-refractivity contribution in [1.29, 1.82) is 0 Å². The summed E-state index contributed by atoms with van der Waals surface area (Å²) in [5.41, 5.74) is 6.93. The van der Waals surface area contributed by atoms with Crippen molar-refractivity contribution in [2.75, 3.05) is 5.73 Å². The summed E-state index contributed by atoms with van der Waals surface area (Å²) in [6.45, 7) is 2.03. The van der Waals surface area contributed by atoms with E-state index in [-0.39, 0.29) is 11.4 Å². The number of hydrogen-bond donors (Lipinski definition) is 2. The summed E-state index contributed by atoms with van der Waals surface area (Å²) in [7, 11) is 0. The van der Waals surface area contributed by atoms with Gasteiger partial charge >= 0.3 is 0 Å². The van der Waals surface area contributed by atoms with Crippen LogP contribution in [0.3, 0.4) is 0 Å². The number of nitrogens with zero attached hydrogens (tertiary/aromatic N) is 2. The average molecular weight is 248 g/mol. The largest absolute Gasteiger partial charge is 0.396 e. The maximum absolute atomic E-state index is 12.1. The average Bonchev–Trinajstić information content (AvgIpc) is 2.92. The third-order valence-corrected chi connectivity index (χ3v) is 4.09. The molecule has 0 atom stereocenters. The summed E-state index contributed by atoms with van der Waals surface area (Å²) in [6, 6.07) is 0. The smallest absolute Gasteiger partial charge is 0.264 e. The standard InChI is InChI=1S/C11H12N4OS/c1-11(2-3-11)15-9(16)8-6(12)7-10(17-8)14-5-4-13-7/h4-5H,2-3,12H2,1H3,(H,15,16). The Kier molecular flexibility index (Phi) is 2.09. The van der Waals surface area contributed by atoms with Gasteiger partial charge < -0.3 is 11.1 Å². The number of amides is 1. The molecule has 1 saturated carbocycles. The molecular weight excluding hydrogens is 236 g/mol. The van der Waals surface area contributed by atoms with Gasteiger partial charge in [-0.2, -0.15) is 0 Å². The third-order valence-electron chi connectivity index (χ3n) is 2.98. The van der Waals surface area contributed by atoms with Crippen LogP contribution in [0, 0.1) is 0 Å². The Morgan fingerprint density at radius 2 is 2.18 bits per heavy atom. The monoisotopic (exact) mass is 248 g/mol.